The zero-order valence-corrected chi connectivity index (χ0v) is 15.4. The van der Waals surface area contributed by atoms with E-state index in [1.54, 1.807) is 24.4 Å². The third-order valence-corrected chi connectivity index (χ3v) is 4.82. The molecule has 8 nitrogen and oxygen atoms in total. The number of nitrogens with two attached hydrogens (primary N) is 4. The van der Waals surface area contributed by atoms with E-state index >= 15 is 0 Å². The average Bonchev–Trinajstić information content (AvgIpc) is 2.57. The van der Waals surface area contributed by atoms with Gasteiger partial charge in [-0.15, -0.1) is 0 Å². The van der Waals surface area contributed by atoms with Crippen LogP contribution in [0.4, 0.5) is 17.3 Å². The van der Waals surface area contributed by atoms with Crippen LogP contribution in [0, 0.1) is 0 Å². The molecule has 140 valence electrons. The molecule has 1 fully saturated rings. The molecule has 8 N–H and O–H groups in total. The molecule has 0 bridgehead atoms. The van der Waals surface area contributed by atoms with Crippen LogP contribution in [0.3, 0.4) is 0 Å². The number of hydrogen-bond acceptors (Lipinski definition) is 8. The first-order chi connectivity index (χ1) is 12.2. The van der Waals surface area contributed by atoms with E-state index in [-0.39, 0.29) is 11.4 Å². The Balaban J connectivity index is 1.73. The van der Waals surface area contributed by atoms with Crippen LogP contribution in [0.2, 0.25) is 5.02 Å². The van der Waals surface area contributed by atoms with Crippen molar-refractivity contribution in [1.29, 1.82) is 0 Å². The van der Waals surface area contributed by atoms with Gasteiger partial charge in [0.1, 0.15) is 17.3 Å². The molecule has 1 aromatic heterocycles. The van der Waals surface area contributed by atoms with Gasteiger partial charge in [0.05, 0.1) is 11.2 Å². The van der Waals surface area contributed by atoms with E-state index in [1.165, 1.54) is 0 Å². The zero-order chi connectivity index (χ0) is 18.9. The van der Waals surface area contributed by atoms with Gasteiger partial charge in [-0.2, -0.15) is 0 Å². The van der Waals surface area contributed by atoms with Crippen molar-refractivity contribution in [1.82, 2.24) is 9.97 Å². The van der Waals surface area contributed by atoms with Gasteiger partial charge in [0.25, 0.3) is 0 Å². The number of nitrogen functional groups attached to an aromatic ring is 2. The molecule has 0 amide bonds. The van der Waals surface area contributed by atoms with Gasteiger partial charge in [-0.3, -0.25) is 5.73 Å². The molecule has 1 aliphatic rings. The Morgan fingerprint density at radius 2 is 1.96 bits per heavy atom. The molecule has 2 aromatic rings. The first-order valence-electron chi connectivity index (χ1n) is 8.39. The SMILES string of the molecule is CC1(N)CCN(c2cnc(C(N)Oc3ccc(N)cc3Cl)c(N)n2)CC1. The lowest BCUT2D eigenvalue weighted by molar-refractivity contribution is 0.210. The monoisotopic (exact) mass is 377 g/mol. The van der Waals surface area contributed by atoms with Gasteiger partial charge in [-0.25, -0.2) is 9.97 Å². The van der Waals surface area contributed by atoms with Crippen LogP contribution >= 0.6 is 11.6 Å². The molecular formula is C17H24ClN7O. The Bertz CT molecular complexity index is 789. The van der Waals surface area contributed by atoms with Crippen LogP contribution in [-0.2, 0) is 0 Å². The maximum absolute atomic E-state index is 6.17. The average molecular weight is 378 g/mol. The van der Waals surface area contributed by atoms with Crippen molar-refractivity contribution in [2.45, 2.75) is 31.5 Å². The van der Waals surface area contributed by atoms with E-state index in [9.17, 15) is 0 Å². The number of anilines is 3. The third kappa shape index (κ3) is 4.09. The second-order valence-electron chi connectivity index (χ2n) is 6.87. The van der Waals surface area contributed by atoms with E-state index in [0.717, 1.165) is 25.9 Å². The van der Waals surface area contributed by atoms with Crippen molar-refractivity contribution < 1.29 is 4.74 Å². The van der Waals surface area contributed by atoms with Crippen LogP contribution in [-0.4, -0.2) is 28.6 Å². The summed E-state index contributed by atoms with van der Waals surface area (Å²) >= 11 is 6.11. The molecule has 1 unspecified atom stereocenters. The lowest BCUT2D eigenvalue weighted by Gasteiger charge is -2.37. The maximum Gasteiger partial charge on any atom is 0.194 e. The van der Waals surface area contributed by atoms with Crippen LogP contribution in [0.1, 0.15) is 31.7 Å². The van der Waals surface area contributed by atoms with Crippen molar-refractivity contribution in [2.24, 2.45) is 11.5 Å². The summed E-state index contributed by atoms with van der Waals surface area (Å²) in [5.74, 6) is 1.33. The van der Waals surface area contributed by atoms with Crippen LogP contribution in [0.25, 0.3) is 0 Å². The Morgan fingerprint density at radius 1 is 1.27 bits per heavy atom. The molecule has 2 heterocycles. The third-order valence-electron chi connectivity index (χ3n) is 4.53. The maximum atomic E-state index is 6.17. The molecule has 1 atom stereocenters. The van der Waals surface area contributed by atoms with Gasteiger partial charge in [-0.1, -0.05) is 11.6 Å². The largest absolute Gasteiger partial charge is 0.468 e. The highest BCUT2D eigenvalue weighted by Gasteiger charge is 2.27. The molecule has 0 radical (unpaired) electrons. The smallest absolute Gasteiger partial charge is 0.194 e. The van der Waals surface area contributed by atoms with Crippen LogP contribution in [0.5, 0.6) is 5.75 Å². The van der Waals surface area contributed by atoms with E-state index in [0.29, 0.717) is 28.0 Å². The first kappa shape index (κ1) is 18.5. The topological polar surface area (TPSA) is 142 Å². The second-order valence-corrected chi connectivity index (χ2v) is 7.28. The molecular weight excluding hydrogens is 354 g/mol. The van der Waals surface area contributed by atoms with E-state index in [4.69, 9.17) is 39.3 Å². The quantitative estimate of drug-likeness (QED) is 0.465. The van der Waals surface area contributed by atoms with E-state index in [2.05, 4.69) is 21.8 Å². The predicted octanol–water partition coefficient (Wildman–Crippen LogP) is 1.65. The lowest BCUT2D eigenvalue weighted by atomic mass is 9.91. The minimum atomic E-state index is -0.897. The minimum Gasteiger partial charge on any atom is -0.468 e. The zero-order valence-electron chi connectivity index (χ0n) is 14.7. The molecule has 1 aromatic carbocycles. The normalized spacial score (nSPS) is 17.8. The number of halogens is 1. The van der Waals surface area contributed by atoms with Crippen molar-refractivity contribution in [3.05, 3.63) is 35.1 Å². The summed E-state index contributed by atoms with van der Waals surface area (Å²) < 4.78 is 5.66. The number of piperidine rings is 1. The van der Waals surface area contributed by atoms with Crippen molar-refractivity contribution >= 4 is 28.9 Å². The van der Waals surface area contributed by atoms with Crippen molar-refractivity contribution in [3.8, 4) is 5.75 Å². The van der Waals surface area contributed by atoms with Gasteiger partial charge in [0.15, 0.2) is 12.0 Å². The van der Waals surface area contributed by atoms with Gasteiger partial charge < -0.3 is 26.8 Å². The van der Waals surface area contributed by atoms with Crippen LogP contribution in [0.15, 0.2) is 24.4 Å². The Labute approximate surface area is 157 Å². The number of hydrogen-bond donors (Lipinski definition) is 4. The number of nitrogens with zero attached hydrogens (tertiary/aromatic N) is 3. The lowest BCUT2D eigenvalue weighted by Crippen LogP contribution is -2.48. The molecule has 26 heavy (non-hydrogen) atoms. The Hall–Kier alpha value is -2.29. The summed E-state index contributed by atoms with van der Waals surface area (Å²) in [6.07, 6.45) is 2.52. The highest BCUT2D eigenvalue weighted by molar-refractivity contribution is 6.32. The van der Waals surface area contributed by atoms with Gasteiger partial charge >= 0.3 is 0 Å². The van der Waals surface area contributed by atoms with Gasteiger partial charge in [0, 0.05) is 24.3 Å². The molecule has 0 spiro atoms. The number of benzene rings is 1. The Morgan fingerprint density at radius 3 is 2.58 bits per heavy atom. The molecule has 0 aliphatic carbocycles. The summed E-state index contributed by atoms with van der Waals surface area (Å²) in [4.78, 5) is 10.9. The van der Waals surface area contributed by atoms with Gasteiger partial charge in [-0.05, 0) is 38.0 Å². The number of rotatable bonds is 4. The summed E-state index contributed by atoms with van der Waals surface area (Å²) in [6, 6.07) is 4.91. The second kappa shape index (κ2) is 7.14. The summed E-state index contributed by atoms with van der Waals surface area (Å²) in [7, 11) is 0. The highest BCUT2D eigenvalue weighted by atomic mass is 35.5. The van der Waals surface area contributed by atoms with Gasteiger partial charge in [0.2, 0.25) is 0 Å². The van der Waals surface area contributed by atoms with E-state index in [1.807, 2.05) is 0 Å². The molecule has 0 saturated carbocycles. The van der Waals surface area contributed by atoms with Crippen LogP contribution < -0.4 is 32.6 Å². The fourth-order valence-electron chi connectivity index (χ4n) is 2.83. The minimum absolute atomic E-state index is 0.135. The number of ether oxygens (including phenoxy) is 1. The fraction of sp³-hybridized carbons (Fsp3) is 0.412. The fourth-order valence-corrected chi connectivity index (χ4v) is 3.06. The molecule has 1 aliphatic heterocycles. The summed E-state index contributed by atoms with van der Waals surface area (Å²) in [5.41, 5.74) is 24.7. The molecule has 9 heteroatoms. The molecule has 3 rings (SSSR count). The summed E-state index contributed by atoms with van der Waals surface area (Å²) in [6.45, 7) is 3.68. The van der Waals surface area contributed by atoms with Crippen molar-refractivity contribution in [3.63, 3.8) is 0 Å². The summed E-state index contributed by atoms with van der Waals surface area (Å²) in [5, 5.41) is 0.363. The first-order valence-corrected chi connectivity index (χ1v) is 8.76. The predicted molar refractivity (Wildman–Crippen MR) is 104 cm³/mol. The van der Waals surface area contributed by atoms with E-state index < -0.39 is 6.23 Å². The number of aromatic nitrogens is 2. The highest BCUT2D eigenvalue weighted by Crippen LogP contribution is 2.30. The Kier molecular flexibility index (Phi) is 5.08. The standard InChI is InChI=1S/C17H24ClN7O/c1-17(22)4-6-25(7-5-17)13-9-23-14(15(20)24-13)16(21)26-12-3-2-10(19)8-11(12)18/h2-3,8-9,16H,4-7,19,21-22H2,1H3,(H2,20,24). The van der Waals surface area contributed by atoms with Crippen molar-refractivity contribution in [2.75, 3.05) is 29.5 Å². The molecule has 1 saturated heterocycles.